The lowest BCUT2D eigenvalue weighted by Crippen LogP contribution is -2.24. The van der Waals surface area contributed by atoms with Gasteiger partial charge in [0.25, 0.3) is 5.91 Å². The number of halogens is 1. The molecule has 80 valence electrons. The van der Waals surface area contributed by atoms with Gasteiger partial charge in [-0.1, -0.05) is 0 Å². The molecule has 1 aliphatic heterocycles. The van der Waals surface area contributed by atoms with Crippen LogP contribution in [0.2, 0.25) is 0 Å². The molecule has 4 nitrogen and oxygen atoms in total. The first-order chi connectivity index (χ1) is 7.22. The van der Waals surface area contributed by atoms with Gasteiger partial charge in [-0.3, -0.25) is 4.79 Å². The Bertz CT molecular complexity index is 407. The molecule has 0 radical (unpaired) electrons. The van der Waals surface area contributed by atoms with Crippen molar-refractivity contribution in [1.29, 1.82) is 0 Å². The van der Waals surface area contributed by atoms with Crippen LogP contribution in [0.4, 0.5) is 0 Å². The summed E-state index contributed by atoms with van der Waals surface area (Å²) in [5, 5.41) is 2.75. The first-order valence-electron chi connectivity index (χ1n) is 4.66. The maximum atomic E-state index is 11.7. The van der Waals surface area contributed by atoms with E-state index in [9.17, 15) is 4.79 Å². The number of ether oxygens (including phenoxy) is 1. The summed E-state index contributed by atoms with van der Waals surface area (Å²) >= 11 is 3.38. The van der Waals surface area contributed by atoms with Crippen molar-refractivity contribution in [2.45, 2.75) is 6.54 Å². The third-order valence-corrected chi connectivity index (χ3v) is 2.81. The fourth-order valence-corrected chi connectivity index (χ4v) is 2.12. The van der Waals surface area contributed by atoms with E-state index in [0.717, 1.165) is 10.0 Å². The van der Waals surface area contributed by atoms with E-state index >= 15 is 0 Å². The number of amides is 1. The Morgan fingerprint density at radius 3 is 3.07 bits per heavy atom. The maximum Gasteiger partial charge on any atom is 0.255 e. The highest BCUT2D eigenvalue weighted by atomic mass is 79.9. The van der Waals surface area contributed by atoms with E-state index in [2.05, 4.69) is 21.2 Å². The first kappa shape index (κ1) is 10.4. The normalized spacial score (nSPS) is 14.9. The molecule has 15 heavy (non-hydrogen) atoms. The molecular weight excluding hydrogens is 260 g/mol. The van der Waals surface area contributed by atoms with Gasteiger partial charge in [-0.15, -0.1) is 0 Å². The summed E-state index contributed by atoms with van der Waals surface area (Å²) in [6, 6.07) is 3.64. The number of nitrogens with one attached hydrogen (secondary N) is 1. The van der Waals surface area contributed by atoms with Gasteiger partial charge in [0.2, 0.25) is 0 Å². The molecule has 0 aliphatic carbocycles. The minimum absolute atomic E-state index is 0.112. The zero-order valence-electron chi connectivity index (χ0n) is 8.05. The average Bonchev–Trinajstić information content (AvgIpc) is 2.41. The van der Waals surface area contributed by atoms with Crippen molar-refractivity contribution in [3.05, 3.63) is 27.7 Å². The van der Waals surface area contributed by atoms with E-state index in [1.807, 2.05) is 6.07 Å². The van der Waals surface area contributed by atoms with Gasteiger partial charge in [-0.2, -0.15) is 0 Å². The Kier molecular flexibility index (Phi) is 2.93. The van der Waals surface area contributed by atoms with Crippen LogP contribution in [0.25, 0.3) is 0 Å². The lowest BCUT2D eigenvalue weighted by atomic mass is 10.1. The van der Waals surface area contributed by atoms with Gasteiger partial charge in [0.1, 0.15) is 12.4 Å². The van der Waals surface area contributed by atoms with Crippen LogP contribution in [-0.2, 0) is 6.54 Å². The van der Waals surface area contributed by atoms with Gasteiger partial charge in [0.15, 0.2) is 0 Å². The Morgan fingerprint density at radius 1 is 1.53 bits per heavy atom. The van der Waals surface area contributed by atoms with Gasteiger partial charge in [-0.25, -0.2) is 0 Å². The quantitative estimate of drug-likeness (QED) is 0.801. The molecule has 3 N–H and O–H groups in total. The van der Waals surface area contributed by atoms with E-state index in [1.54, 1.807) is 6.07 Å². The van der Waals surface area contributed by atoms with Crippen molar-refractivity contribution >= 4 is 21.8 Å². The van der Waals surface area contributed by atoms with Crippen LogP contribution in [0.5, 0.6) is 5.75 Å². The van der Waals surface area contributed by atoms with Crippen LogP contribution in [-0.4, -0.2) is 19.1 Å². The van der Waals surface area contributed by atoms with Crippen LogP contribution >= 0.6 is 15.9 Å². The smallest absolute Gasteiger partial charge is 0.255 e. The van der Waals surface area contributed by atoms with Gasteiger partial charge < -0.3 is 15.8 Å². The number of hydrogen-bond donors (Lipinski definition) is 2. The minimum Gasteiger partial charge on any atom is -0.490 e. The molecule has 1 aliphatic rings. The highest BCUT2D eigenvalue weighted by molar-refractivity contribution is 9.10. The Morgan fingerprint density at radius 2 is 2.33 bits per heavy atom. The highest BCUT2D eigenvalue weighted by Crippen LogP contribution is 2.31. The molecule has 0 spiro atoms. The molecule has 1 amide bonds. The Balaban J connectivity index is 2.55. The fourth-order valence-electron chi connectivity index (χ4n) is 1.50. The molecule has 2 rings (SSSR count). The predicted octanol–water partition coefficient (Wildman–Crippen LogP) is 1.03. The third-order valence-electron chi connectivity index (χ3n) is 2.22. The van der Waals surface area contributed by atoms with Crippen molar-refractivity contribution in [3.8, 4) is 5.75 Å². The molecule has 1 aromatic rings. The number of rotatable bonds is 1. The molecule has 0 unspecified atom stereocenters. The highest BCUT2D eigenvalue weighted by Gasteiger charge is 2.19. The topological polar surface area (TPSA) is 64.4 Å². The van der Waals surface area contributed by atoms with E-state index in [4.69, 9.17) is 10.5 Å². The summed E-state index contributed by atoms with van der Waals surface area (Å²) in [5.74, 6) is 0.487. The second kappa shape index (κ2) is 4.20. The van der Waals surface area contributed by atoms with Gasteiger partial charge in [0.05, 0.1) is 16.6 Å². The molecule has 5 heteroatoms. The van der Waals surface area contributed by atoms with E-state index in [0.29, 0.717) is 31.0 Å². The largest absolute Gasteiger partial charge is 0.490 e. The molecular formula is C10H11BrN2O2. The second-order valence-electron chi connectivity index (χ2n) is 3.26. The van der Waals surface area contributed by atoms with Crippen LogP contribution in [0.3, 0.4) is 0 Å². The van der Waals surface area contributed by atoms with E-state index in [1.165, 1.54) is 0 Å². The monoisotopic (exact) mass is 270 g/mol. The molecule has 0 saturated heterocycles. The van der Waals surface area contributed by atoms with Crippen molar-refractivity contribution in [3.63, 3.8) is 0 Å². The number of benzene rings is 1. The number of fused-ring (bicyclic) bond motifs is 1. The first-order valence-corrected chi connectivity index (χ1v) is 5.45. The van der Waals surface area contributed by atoms with Crippen LogP contribution in [0.1, 0.15) is 15.9 Å². The van der Waals surface area contributed by atoms with Crippen LogP contribution in [0.15, 0.2) is 16.6 Å². The standard InChI is InChI=1S/C10H11BrN2O2/c11-8-4-6(5-12)3-7-9(8)15-2-1-13-10(7)14/h3-4H,1-2,5,12H2,(H,13,14). The van der Waals surface area contributed by atoms with Crippen LogP contribution in [0, 0.1) is 0 Å². The lowest BCUT2D eigenvalue weighted by molar-refractivity contribution is 0.0957. The molecule has 1 aromatic carbocycles. The van der Waals surface area contributed by atoms with Gasteiger partial charge in [-0.05, 0) is 33.6 Å². The summed E-state index contributed by atoms with van der Waals surface area (Å²) in [6.07, 6.45) is 0. The second-order valence-corrected chi connectivity index (χ2v) is 4.12. The van der Waals surface area contributed by atoms with Crippen molar-refractivity contribution in [1.82, 2.24) is 5.32 Å². The fraction of sp³-hybridized carbons (Fsp3) is 0.300. The van der Waals surface area contributed by atoms with Gasteiger partial charge >= 0.3 is 0 Å². The number of carbonyl (C=O) groups excluding carboxylic acids is 1. The maximum absolute atomic E-state index is 11.7. The van der Waals surface area contributed by atoms with E-state index in [-0.39, 0.29) is 5.91 Å². The summed E-state index contributed by atoms with van der Waals surface area (Å²) in [6.45, 7) is 1.41. The Labute approximate surface area is 95.9 Å². The SMILES string of the molecule is NCc1cc(Br)c2c(c1)C(=O)NCCO2. The summed E-state index contributed by atoms with van der Waals surface area (Å²) < 4.78 is 6.25. The number of hydrogen-bond acceptors (Lipinski definition) is 3. The van der Waals surface area contributed by atoms with Crippen molar-refractivity contribution in [2.75, 3.05) is 13.2 Å². The van der Waals surface area contributed by atoms with Crippen LogP contribution < -0.4 is 15.8 Å². The lowest BCUT2D eigenvalue weighted by Gasteiger charge is -2.09. The molecule has 0 fully saturated rings. The number of nitrogens with two attached hydrogens (primary N) is 1. The molecule has 0 atom stereocenters. The summed E-state index contributed by atoms with van der Waals surface area (Å²) in [7, 11) is 0. The number of carbonyl (C=O) groups is 1. The molecule has 0 bridgehead atoms. The minimum atomic E-state index is -0.112. The molecule has 1 heterocycles. The summed E-state index contributed by atoms with van der Waals surface area (Å²) in [4.78, 5) is 11.7. The third kappa shape index (κ3) is 1.98. The predicted molar refractivity (Wildman–Crippen MR) is 59.9 cm³/mol. The van der Waals surface area contributed by atoms with Crippen molar-refractivity contribution in [2.24, 2.45) is 5.73 Å². The molecule has 0 saturated carbocycles. The van der Waals surface area contributed by atoms with E-state index < -0.39 is 0 Å². The Hall–Kier alpha value is -1.07. The average molecular weight is 271 g/mol. The summed E-state index contributed by atoms with van der Waals surface area (Å²) in [5.41, 5.74) is 6.99. The van der Waals surface area contributed by atoms with Gasteiger partial charge in [0, 0.05) is 6.54 Å². The molecule has 0 aromatic heterocycles. The van der Waals surface area contributed by atoms with Crippen molar-refractivity contribution < 1.29 is 9.53 Å². The zero-order valence-corrected chi connectivity index (χ0v) is 9.63. The zero-order chi connectivity index (χ0) is 10.8.